The minimum absolute atomic E-state index is 0.185. The maximum atomic E-state index is 14.5. The monoisotopic (exact) mass is 388 g/mol. The molecule has 0 saturated heterocycles. The minimum Gasteiger partial charge on any atom is -0.492 e. The first-order valence-corrected chi connectivity index (χ1v) is 7.66. The highest BCUT2D eigenvalue weighted by atomic mass is 19.3. The van der Waals surface area contributed by atoms with Gasteiger partial charge in [0.1, 0.15) is 6.10 Å². The second-order valence-electron chi connectivity index (χ2n) is 5.82. The van der Waals surface area contributed by atoms with E-state index in [0.29, 0.717) is 4.90 Å². The van der Waals surface area contributed by atoms with Gasteiger partial charge in [0.15, 0.2) is 5.75 Å². The first-order chi connectivity index (χ1) is 12.7. The number of ether oxygens (including phenoxy) is 1. The molecule has 5 nitrogen and oxygen atoms in total. The zero-order valence-corrected chi connectivity index (χ0v) is 13.8. The molecule has 2 heterocycles. The summed E-state index contributed by atoms with van der Waals surface area (Å²) in [5.74, 6) is -6.90. The van der Waals surface area contributed by atoms with Crippen molar-refractivity contribution in [3.05, 3.63) is 53.1 Å². The topological polar surface area (TPSA) is 62.7 Å². The van der Waals surface area contributed by atoms with Gasteiger partial charge in [-0.15, -0.1) is 0 Å². The summed E-state index contributed by atoms with van der Waals surface area (Å²) in [4.78, 5) is 16.3. The van der Waals surface area contributed by atoms with Crippen LogP contribution in [-0.2, 0) is 17.3 Å². The van der Waals surface area contributed by atoms with Crippen LogP contribution in [0.5, 0.6) is 5.75 Å². The lowest BCUT2D eigenvalue weighted by molar-refractivity contribution is -0.142. The van der Waals surface area contributed by atoms with Gasteiger partial charge >= 0.3 is 11.8 Å². The number of rotatable bonds is 5. The fourth-order valence-electron chi connectivity index (χ4n) is 2.93. The summed E-state index contributed by atoms with van der Waals surface area (Å²) in [7, 11) is 1.19. The molecule has 0 bridgehead atoms. The van der Waals surface area contributed by atoms with E-state index in [9.17, 15) is 31.9 Å². The van der Waals surface area contributed by atoms with E-state index in [2.05, 4.69) is 4.98 Å². The maximum absolute atomic E-state index is 14.5. The van der Waals surface area contributed by atoms with Gasteiger partial charge in [0.2, 0.25) is 0 Å². The average molecular weight is 388 g/mol. The van der Waals surface area contributed by atoms with Crippen molar-refractivity contribution in [2.24, 2.45) is 0 Å². The Morgan fingerprint density at radius 1 is 1.33 bits per heavy atom. The number of alkyl halides is 4. The summed E-state index contributed by atoms with van der Waals surface area (Å²) in [5.41, 5.74) is -1.82. The second-order valence-corrected chi connectivity index (χ2v) is 5.82. The van der Waals surface area contributed by atoms with Crippen LogP contribution in [0.25, 0.3) is 0 Å². The Bertz CT molecular complexity index is 891. The van der Waals surface area contributed by atoms with Crippen molar-refractivity contribution in [1.82, 2.24) is 4.98 Å². The zero-order valence-electron chi connectivity index (χ0n) is 13.8. The first-order valence-electron chi connectivity index (χ1n) is 7.66. The van der Waals surface area contributed by atoms with Crippen LogP contribution in [0.2, 0.25) is 0 Å². The molecule has 1 aliphatic heterocycles. The van der Waals surface area contributed by atoms with Crippen LogP contribution in [0.3, 0.4) is 0 Å². The number of carbonyl (C=O) groups excluding carboxylic acids is 1. The van der Waals surface area contributed by atoms with Gasteiger partial charge < -0.3 is 14.7 Å². The number of fused-ring (bicyclic) bond motifs is 1. The molecule has 2 aromatic rings. The Morgan fingerprint density at radius 3 is 2.67 bits per heavy atom. The predicted octanol–water partition coefficient (Wildman–Crippen LogP) is 3.17. The molecule has 1 amide bonds. The number of aliphatic hydroxyl groups is 1. The number of amides is 1. The molecule has 1 aromatic carbocycles. The van der Waals surface area contributed by atoms with E-state index in [1.807, 2.05) is 0 Å². The number of carbonyl (C=O) groups is 1. The lowest BCUT2D eigenvalue weighted by Gasteiger charge is -2.18. The van der Waals surface area contributed by atoms with Crippen molar-refractivity contribution in [2.75, 3.05) is 12.0 Å². The van der Waals surface area contributed by atoms with E-state index in [1.54, 1.807) is 0 Å². The smallest absolute Gasteiger partial charge is 0.352 e. The molecular weight excluding hydrogens is 375 g/mol. The summed E-state index contributed by atoms with van der Waals surface area (Å²) in [6.07, 6.45) is -4.73. The Kier molecular flexibility index (Phi) is 4.77. The molecule has 0 aliphatic carbocycles. The molecular formula is C17H13F5N2O3. The van der Waals surface area contributed by atoms with Crippen LogP contribution < -0.4 is 9.64 Å². The number of halogens is 5. The summed E-state index contributed by atoms with van der Waals surface area (Å²) in [5, 5.41) is 9.57. The Labute approximate surface area is 150 Å². The number of hydrogen-bond acceptors (Lipinski definition) is 4. The summed E-state index contributed by atoms with van der Waals surface area (Å²) in [6, 6.07) is 4.45. The zero-order chi connectivity index (χ0) is 19.9. The molecule has 144 valence electrons. The first kappa shape index (κ1) is 19.0. The minimum atomic E-state index is -4.10. The normalized spacial score (nSPS) is 16.6. The molecule has 0 radical (unpaired) electrons. The van der Waals surface area contributed by atoms with Gasteiger partial charge in [-0.3, -0.25) is 4.79 Å². The average Bonchev–Trinajstić information content (AvgIpc) is 2.83. The molecule has 0 fully saturated rings. The van der Waals surface area contributed by atoms with Crippen molar-refractivity contribution in [3.8, 4) is 5.75 Å². The van der Waals surface area contributed by atoms with Crippen molar-refractivity contribution < 1.29 is 36.6 Å². The Balaban J connectivity index is 2.06. The molecule has 10 heteroatoms. The summed E-state index contributed by atoms with van der Waals surface area (Å²) in [6.45, 7) is -0.417. The van der Waals surface area contributed by atoms with Crippen LogP contribution in [0.4, 0.5) is 27.6 Å². The Hall–Kier alpha value is -2.75. The van der Waals surface area contributed by atoms with Gasteiger partial charge in [0, 0.05) is 6.20 Å². The van der Waals surface area contributed by atoms with Gasteiger partial charge in [-0.2, -0.15) is 13.2 Å². The molecule has 1 atom stereocenters. The summed E-state index contributed by atoms with van der Waals surface area (Å²) >= 11 is 0. The molecule has 1 aromatic heterocycles. The highest BCUT2D eigenvalue weighted by molar-refractivity contribution is 6.06. The van der Waals surface area contributed by atoms with Gasteiger partial charge in [0.05, 0.1) is 24.9 Å². The third-order valence-corrected chi connectivity index (χ3v) is 4.17. The molecule has 1 unspecified atom stereocenters. The molecule has 1 N–H and O–H groups in total. The Morgan fingerprint density at radius 2 is 2.04 bits per heavy atom. The number of benzene rings is 1. The third-order valence-electron chi connectivity index (χ3n) is 4.17. The maximum Gasteiger partial charge on any atom is 0.352 e. The molecule has 27 heavy (non-hydrogen) atoms. The standard InChI is InChI=1S/C17H13F5N2O3/c1-27-11-5-8(6-23-15(11)20)7-24-10-4-2-3-9(13(25)14(18)19)12(10)17(21,22)16(24)26/h2-6,13-14,25H,7H2,1H3. The van der Waals surface area contributed by atoms with E-state index in [1.165, 1.54) is 19.2 Å². The number of anilines is 1. The largest absolute Gasteiger partial charge is 0.492 e. The van der Waals surface area contributed by atoms with E-state index >= 15 is 0 Å². The molecule has 0 spiro atoms. The number of nitrogens with zero attached hydrogens (tertiary/aromatic N) is 2. The quantitative estimate of drug-likeness (QED) is 0.632. The third kappa shape index (κ3) is 3.09. The number of hydrogen-bond donors (Lipinski definition) is 1. The predicted molar refractivity (Wildman–Crippen MR) is 83.2 cm³/mol. The number of pyridine rings is 1. The number of methoxy groups -OCH3 is 1. The van der Waals surface area contributed by atoms with Crippen LogP contribution in [0, 0.1) is 5.95 Å². The van der Waals surface area contributed by atoms with Crippen molar-refractivity contribution in [2.45, 2.75) is 25.0 Å². The van der Waals surface area contributed by atoms with Gasteiger partial charge in [-0.1, -0.05) is 12.1 Å². The van der Waals surface area contributed by atoms with Crippen LogP contribution >= 0.6 is 0 Å². The highest BCUT2D eigenvalue weighted by Crippen LogP contribution is 2.48. The van der Waals surface area contributed by atoms with Gasteiger partial charge in [-0.25, -0.2) is 13.8 Å². The number of aromatic nitrogens is 1. The fourth-order valence-corrected chi connectivity index (χ4v) is 2.93. The van der Waals surface area contributed by atoms with Gasteiger partial charge in [0.25, 0.3) is 12.4 Å². The van der Waals surface area contributed by atoms with E-state index < -0.39 is 48.0 Å². The van der Waals surface area contributed by atoms with Crippen molar-refractivity contribution in [3.63, 3.8) is 0 Å². The van der Waals surface area contributed by atoms with Crippen LogP contribution in [-0.4, -0.2) is 29.5 Å². The molecule has 0 saturated carbocycles. The van der Waals surface area contributed by atoms with E-state index in [0.717, 1.165) is 18.3 Å². The van der Waals surface area contributed by atoms with Crippen LogP contribution in [0.1, 0.15) is 22.8 Å². The van der Waals surface area contributed by atoms with Gasteiger partial charge in [-0.05, 0) is 23.3 Å². The lowest BCUT2D eigenvalue weighted by atomic mass is 9.98. The molecule has 3 rings (SSSR count). The second kappa shape index (κ2) is 6.76. The van der Waals surface area contributed by atoms with Crippen molar-refractivity contribution in [1.29, 1.82) is 0 Å². The summed E-state index contributed by atoms with van der Waals surface area (Å²) < 4.78 is 72.9. The van der Waals surface area contributed by atoms with E-state index in [-0.39, 0.29) is 17.0 Å². The molecule has 1 aliphatic rings. The number of aliphatic hydroxyl groups excluding tert-OH is 1. The highest BCUT2D eigenvalue weighted by Gasteiger charge is 2.55. The lowest BCUT2D eigenvalue weighted by Crippen LogP contribution is -2.34. The SMILES string of the molecule is COc1cc(CN2C(=O)C(F)(F)c3c(C(O)C(F)F)cccc32)cnc1F. The van der Waals surface area contributed by atoms with Crippen LogP contribution in [0.15, 0.2) is 30.5 Å². The van der Waals surface area contributed by atoms with E-state index in [4.69, 9.17) is 4.74 Å². The fraction of sp³-hybridized carbons (Fsp3) is 0.294. The van der Waals surface area contributed by atoms with Crippen molar-refractivity contribution >= 4 is 11.6 Å².